The number of likely N-dealkylation sites (tertiary alicyclic amines) is 1. The molecule has 3 rings (SSSR count). The molecule has 2 heterocycles. The van der Waals surface area contributed by atoms with Crippen LogP contribution >= 0.6 is 0 Å². The maximum atomic E-state index is 11.0. The van der Waals surface area contributed by atoms with Crippen molar-refractivity contribution in [2.45, 2.75) is 43.7 Å². The normalized spacial score (nSPS) is 23.4. The molecule has 20 heavy (non-hydrogen) atoms. The van der Waals surface area contributed by atoms with Gasteiger partial charge in [0.2, 0.25) is 0 Å². The monoisotopic (exact) mass is 278 g/mol. The molecule has 0 spiro atoms. The second-order valence-electron chi connectivity index (χ2n) is 6.21. The molecule has 2 aliphatic rings. The first-order valence-electron chi connectivity index (χ1n) is 7.34. The van der Waals surface area contributed by atoms with Gasteiger partial charge in [-0.05, 0) is 12.8 Å². The summed E-state index contributed by atoms with van der Waals surface area (Å²) in [5.74, 6) is -0.441. The molecule has 1 saturated carbocycles. The fourth-order valence-electron chi connectivity index (χ4n) is 3.29. The fraction of sp³-hybridized carbons (Fsp3) is 0.714. The third kappa shape index (κ3) is 2.71. The molecule has 0 bridgehead atoms. The van der Waals surface area contributed by atoms with Gasteiger partial charge in [0.15, 0.2) is 0 Å². The van der Waals surface area contributed by atoms with Gasteiger partial charge in [-0.25, -0.2) is 0 Å². The molecule has 2 fully saturated rings. The SMILES string of the molecule is NC(=O)c1cnn(C2CN(CC3(O)CCCCC3)C2)c1. The van der Waals surface area contributed by atoms with Gasteiger partial charge in [-0.3, -0.25) is 14.4 Å². The Morgan fingerprint density at radius 1 is 1.40 bits per heavy atom. The molecule has 1 amide bonds. The van der Waals surface area contributed by atoms with Crippen LogP contribution in [0.15, 0.2) is 12.4 Å². The number of hydrogen-bond donors (Lipinski definition) is 2. The molecule has 0 atom stereocenters. The van der Waals surface area contributed by atoms with Gasteiger partial charge < -0.3 is 10.8 Å². The highest BCUT2D eigenvalue weighted by atomic mass is 16.3. The molecule has 6 nitrogen and oxygen atoms in total. The molecular formula is C14H22N4O2. The first-order chi connectivity index (χ1) is 9.56. The smallest absolute Gasteiger partial charge is 0.251 e. The number of hydrogen-bond acceptors (Lipinski definition) is 4. The molecule has 110 valence electrons. The van der Waals surface area contributed by atoms with E-state index in [0.717, 1.165) is 45.3 Å². The van der Waals surface area contributed by atoms with Crippen molar-refractivity contribution in [3.8, 4) is 0 Å². The zero-order valence-corrected chi connectivity index (χ0v) is 11.7. The van der Waals surface area contributed by atoms with E-state index in [1.807, 2.05) is 4.68 Å². The Morgan fingerprint density at radius 2 is 2.10 bits per heavy atom. The van der Waals surface area contributed by atoms with E-state index in [1.54, 1.807) is 6.20 Å². The summed E-state index contributed by atoms with van der Waals surface area (Å²) in [4.78, 5) is 13.3. The third-order valence-corrected chi connectivity index (χ3v) is 4.50. The zero-order valence-electron chi connectivity index (χ0n) is 11.7. The summed E-state index contributed by atoms with van der Waals surface area (Å²) >= 11 is 0. The Bertz CT molecular complexity index is 487. The largest absolute Gasteiger partial charge is 0.389 e. The Balaban J connectivity index is 1.51. The maximum Gasteiger partial charge on any atom is 0.251 e. The van der Waals surface area contributed by atoms with Crippen LogP contribution in [0.25, 0.3) is 0 Å². The number of primary amides is 1. The van der Waals surface area contributed by atoms with Gasteiger partial charge in [0, 0.05) is 25.8 Å². The van der Waals surface area contributed by atoms with Crippen LogP contribution in [0.1, 0.15) is 48.5 Å². The van der Waals surface area contributed by atoms with E-state index in [-0.39, 0.29) is 6.04 Å². The molecule has 0 unspecified atom stereocenters. The summed E-state index contributed by atoms with van der Waals surface area (Å²) in [6.45, 7) is 2.51. The van der Waals surface area contributed by atoms with Crippen LogP contribution in [0.2, 0.25) is 0 Å². The lowest BCUT2D eigenvalue weighted by Gasteiger charge is -2.44. The predicted molar refractivity (Wildman–Crippen MR) is 74.3 cm³/mol. The van der Waals surface area contributed by atoms with Crippen molar-refractivity contribution in [1.82, 2.24) is 14.7 Å². The van der Waals surface area contributed by atoms with Crippen molar-refractivity contribution >= 4 is 5.91 Å². The molecular weight excluding hydrogens is 256 g/mol. The highest BCUT2D eigenvalue weighted by molar-refractivity contribution is 5.92. The molecule has 1 saturated heterocycles. The lowest BCUT2D eigenvalue weighted by atomic mass is 9.84. The topological polar surface area (TPSA) is 84.4 Å². The third-order valence-electron chi connectivity index (χ3n) is 4.50. The number of carbonyl (C=O) groups excluding carboxylic acids is 1. The highest BCUT2D eigenvalue weighted by Crippen LogP contribution is 2.31. The van der Waals surface area contributed by atoms with Crippen molar-refractivity contribution < 1.29 is 9.90 Å². The predicted octanol–water partition coefficient (Wildman–Crippen LogP) is 0.534. The number of aromatic nitrogens is 2. The van der Waals surface area contributed by atoms with E-state index >= 15 is 0 Å². The van der Waals surface area contributed by atoms with Crippen molar-refractivity contribution in [1.29, 1.82) is 0 Å². The first-order valence-corrected chi connectivity index (χ1v) is 7.34. The van der Waals surface area contributed by atoms with Gasteiger partial charge in [0.25, 0.3) is 5.91 Å². The average molecular weight is 278 g/mol. The minimum absolute atomic E-state index is 0.287. The van der Waals surface area contributed by atoms with Gasteiger partial charge in [-0.15, -0.1) is 0 Å². The second kappa shape index (κ2) is 5.18. The lowest BCUT2D eigenvalue weighted by molar-refractivity contribution is -0.0521. The summed E-state index contributed by atoms with van der Waals surface area (Å²) in [6.07, 6.45) is 8.57. The minimum Gasteiger partial charge on any atom is -0.389 e. The molecule has 1 aliphatic carbocycles. The number of aliphatic hydroxyl groups is 1. The molecule has 0 radical (unpaired) electrons. The summed E-state index contributed by atoms with van der Waals surface area (Å²) in [5, 5.41) is 14.7. The van der Waals surface area contributed by atoms with E-state index in [9.17, 15) is 9.90 Å². The van der Waals surface area contributed by atoms with Crippen LogP contribution in [0.3, 0.4) is 0 Å². The Labute approximate surface area is 118 Å². The fourth-order valence-corrected chi connectivity index (χ4v) is 3.29. The van der Waals surface area contributed by atoms with Crippen molar-refractivity contribution in [2.75, 3.05) is 19.6 Å². The van der Waals surface area contributed by atoms with Crippen LogP contribution < -0.4 is 5.73 Å². The minimum atomic E-state index is -0.494. The van der Waals surface area contributed by atoms with E-state index in [0.29, 0.717) is 5.56 Å². The molecule has 1 aliphatic heterocycles. The van der Waals surface area contributed by atoms with Crippen molar-refractivity contribution in [2.24, 2.45) is 5.73 Å². The number of amides is 1. The van der Waals surface area contributed by atoms with Crippen LogP contribution in [0.5, 0.6) is 0 Å². The van der Waals surface area contributed by atoms with Gasteiger partial charge >= 0.3 is 0 Å². The molecule has 3 N–H and O–H groups in total. The van der Waals surface area contributed by atoms with Crippen LogP contribution in [-0.2, 0) is 0 Å². The second-order valence-corrected chi connectivity index (χ2v) is 6.21. The Hall–Kier alpha value is -1.40. The highest BCUT2D eigenvalue weighted by Gasteiger charge is 2.37. The Kier molecular flexibility index (Phi) is 3.52. The Morgan fingerprint density at radius 3 is 2.70 bits per heavy atom. The summed E-state index contributed by atoms with van der Waals surface area (Å²) < 4.78 is 1.81. The van der Waals surface area contributed by atoms with Gasteiger partial charge in [-0.2, -0.15) is 5.10 Å². The van der Waals surface area contributed by atoms with Gasteiger partial charge in [0.05, 0.1) is 23.4 Å². The van der Waals surface area contributed by atoms with Crippen LogP contribution in [0.4, 0.5) is 0 Å². The standard InChI is InChI=1S/C14H22N4O2/c15-13(19)11-6-16-18(7-11)12-8-17(9-12)10-14(20)4-2-1-3-5-14/h6-7,12,20H,1-5,8-10H2,(H2,15,19). The number of nitrogens with zero attached hydrogens (tertiary/aromatic N) is 3. The van der Waals surface area contributed by atoms with Crippen LogP contribution in [-0.4, -0.2) is 50.9 Å². The number of rotatable bonds is 4. The van der Waals surface area contributed by atoms with E-state index in [2.05, 4.69) is 10.00 Å². The zero-order chi connectivity index (χ0) is 14.2. The number of β-amino-alcohol motifs (C(OH)–C–C–N with tert-alkyl or cyclic N) is 1. The summed E-state index contributed by atoms with van der Waals surface area (Å²) in [5.41, 5.74) is 5.18. The van der Waals surface area contributed by atoms with Gasteiger partial charge in [0.1, 0.15) is 0 Å². The van der Waals surface area contributed by atoms with Gasteiger partial charge in [-0.1, -0.05) is 19.3 Å². The number of nitrogens with two attached hydrogens (primary N) is 1. The molecule has 0 aromatic carbocycles. The van der Waals surface area contributed by atoms with E-state index in [4.69, 9.17) is 5.73 Å². The quantitative estimate of drug-likeness (QED) is 0.841. The summed E-state index contributed by atoms with van der Waals surface area (Å²) in [6, 6.07) is 0.287. The lowest BCUT2D eigenvalue weighted by Crippen LogP contribution is -2.54. The van der Waals surface area contributed by atoms with E-state index < -0.39 is 11.5 Å². The van der Waals surface area contributed by atoms with Crippen LogP contribution in [0, 0.1) is 0 Å². The molecule has 1 aromatic heterocycles. The summed E-state index contributed by atoms with van der Waals surface area (Å²) in [7, 11) is 0. The van der Waals surface area contributed by atoms with Crippen molar-refractivity contribution in [3.63, 3.8) is 0 Å². The van der Waals surface area contributed by atoms with Crippen molar-refractivity contribution in [3.05, 3.63) is 18.0 Å². The first kappa shape index (κ1) is 13.6. The number of carbonyl (C=O) groups is 1. The average Bonchev–Trinajstić information content (AvgIpc) is 2.83. The molecule has 1 aromatic rings. The maximum absolute atomic E-state index is 11.0. The van der Waals surface area contributed by atoms with E-state index in [1.165, 1.54) is 12.6 Å². The molecule has 6 heteroatoms.